The standard InChI is InChI=1S/C28H34N4O6S2.ClH/c1-39(34,35)18-27(33)30-25-16-28(38-26-8-6-22(15-24(25)26)31-40(2,36)37)9-11-32(12-10-28)23-7-5-20-13-19(17-29)3-4-21(20)14-23;/h3-4,6,8,13,15,23,25,31H,5,7,9-12,14,16,18H2,1-2H3,(H,30,33);1H/t23-,25+;/m1./s1. The third-order valence-electron chi connectivity index (χ3n) is 8.08. The van der Waals surface area contributed by atoms with Crippen molar-refractivity contribution in [2.24, 2.45) is 0 Å². The molecule has 2 aliphatic heterocycles. The number of nitriles is 1. The zero-order valence-corrected chi connectivity index (χ0v) is 25.5. The molecule has 10 nitrogen and oxygen atoms in total. The van der Waals surface area contributed by atoms with E-state index in [4.69, 9.17) is 4.74 Å². The smallest absolute Gasteiger partial charge is 0.235 e. The van der Waals surface area contributed by atoms with E-state index in [1.54, 1.807) is 18.2 Å². The molecule has 2 aromatic rings. The number of hydrogen-bond donors (Lipinski definition) is 2. The molecule has 222 valence electrons. The molecule has 1 aliphatic carbocycles. The second-order valence-corrected chi connectivity index (χ2v) is 15.2. The third kappa shape index (κ3) is 7.52. The van der Waals surface area contributed by atoms with Crippen molar-refractivity contribution < 1.29 is 26.4 Å². The third-order valence-corrected chi connectivity index (χ3v) is 9.48. The zero-order chi connectivity index (χ0) is 28.7. The molecule has 2 N–H and O–H groups in total. The normalized spacial score (nSPS) is 21.8. The van der Waals surface area contributed by atoms with Gasteiger partial charge in [0.1, 0.15) is 17.1 Å². The van der Waals surface area contributed by atoms with Crippen LogP contribution in [0.15, 0.2) is 36.4 Å². The number of piperidine rings is 1. The molecule has 0 saturated carbocycles. The molecule has 0 bridgehead atoms. The van der Waals surface area contributed by atoms with Gasteiger partial charge in [0.05, 0.1) is 23.9 Å². The van der Waals surface area contributed by atoms with E-state index < -0.39 is 43.2 Å². The molecule has 1 amide bonds. The number of halogens is 1. The van der Waals surface area contributed by atoms with Gasteiger partial charge in [0.15, 0.2) is 9.84 Å². The second-order valence-electron chi connectivity index (χ2n) is 11.3. The largest absolute Gasteiger partial charge is 0.487 e. The highest BCUT2D eigenvalue weighted by Gasteiger charge is 2.45. The first-order chi connectivity index (χ1) is 18.8. The lowest BCUT2D eigenvalue weighted by molar-refractivity contribution is -0.120. The molecule has 2 aromatic carbocycles. The minimum Gasteiger partial charge on any atom is -0.487 e. The fourth-order valence-electron chi connectivity index (χ4n) is 6.27. The fraction of sp³-hybridized carbons (Fsp3) is 0.500. The molecule has 1 spiro atoms. The Morgan fingerprint density at radius 1 is 1.10 bits per heavy atom. The number of sulfone groups is 1. The van der Waals surface area contributed by atoms with Gasteiger partial charge in [-0.1, -0.05) is 6.07 Å². The summed E-state index contributed by atoms with van der Waals surface area (Å²) < 4.78 is 56.1. The van der Waals surface area contributed by atoms with Crippen LogP contribution in [0.2, 0.25) is 0 Å². The molecule has 13 heteroatoms. The van der Waals surface area contributed by atoms with Gasteiger partial charge in [0.2, 0.25) is 15.9 Å². The number of ether oxygens (including phenoxy) is 1. The van der Waals surface area contributed by atoms with E-state index >= 15 is 0 Å². The van der Waals surface area contributed by atoms with Crippen LogP contribution in [0.25, 0.3) is 0 Å². The maximum atomic E-state index is 12.7. The molecule has 3 aliphatic rings. The van der Waals surface area contributed by atoms with E-state index in [2.05, 4.69) is 27.1 Å². The predicted molar refractivity (Wildman–Crippen MR) is 159 cm³/mol. The molecule has 2 atom stereocenters. The number of likely N-dealkylation sites (tertiary alicyclic amines) is 1. The Morgan fingerprint density at radius 3 is 2.49 bits per heavy atom. The second kappa shape index (κ2) is 11.8. The summed E-state index contributed by atoms with van der Waals surface area (Å²) in [6.07, 6.45) is 6.93. The Balaban J connectivity index is 0.00000387. The minimum atomic E-state index is -3.52. The van der Waals surface area contributed by atoms with Gasteiger partial charge in [0, 0.05) is 43.1 Å². The van der Waals surface area contributed by atoms with E-state index in [0.717, 1.165) is 57.7 Å². The van der Waals surface area contributed by atoms with Crippen LogP contribution in [0.3, 0.4) is 0 Å². The number of hydrogen-bond acceptors (Lipinski definition) is 8. The number of rotatable bonds is 6. The number of sulfonamides is 1. The zero-order valence-electron chi connectivity index (χ0n) is 23.1. The molecule has 41 heavy (non-hydrogen) atoms. The van der Waals surface area contributed by atoms with Gasteiger partial charge < -0.3 is 10.1 Å². The highest BCUT2D eigenvalue weighted by atomic mass is 35.5. The molecule has 5 rings (SSSR count). The van der Waals surface area contributed by atoms with E-state index in [-0.39, 0.29) is 12.4 Å². The Labute approximate surface area is 247 Å². The van der Waals surface area contributed by atoms with Crippen LogP contribution in [0.5, 0.6) is 5.75 Å². The van der Waals surface area contributed by atoms with Gasteiger partial charge in [-0.3, -0.25) is 14.4 Å². The Morgan fingerprint density at radius 2 is 1.83 bits per heavy atom. The number of nitrogens with zero attached hydrogens (tertiary/aromatic N) is 2. The van der Waals surface area contributed by atoms with Crippen molar-refractivity contribution in [1.82, 2.24) is 10.2 Å². The van der Waals surface area contributed by atoms with E-state index in [1.807, 2.05) is 12.1 Å². The summed E-state index contributed by atoms with van der Waals surface area (Å²) in [7, 11) is -7.03. The summed E-state index contributed by atoms with van der Waals surface area (Å²) in [6, 6.07) is 13.0. The number of benzene rings is 2. The number of anilines is 1. The van der Waals surface area contributed by atoms with Gasteiger partial charge >= 0.3 is 0 Å². The Kier molecular flexibility index (Phi) is 8.95. The van der Waals surface area contributed by atoms with Crippen molar-refractivity contribution in [3.05, 3.63) is 58.7 Å². The van der Waals surface area contributed by atoms with Crippen LogP contribution in [0, 0.1) is 11.3 Å². The molecular weight excluding hydrogens is 588 g/mol. The van der Waals surface area contributed by atoms with Gasteiger partial charge in [-0.15, -0.1) is 12.4 Å². The van der Waals surface area contributed by atoms with Gasteiger partial charge in [-0.25, -0.2) is 16.8 Å². The van der Waals surface area contributed by atoms with Crippen molar-refractivity contribution in [2.45, 2.75) is 56.2 Å². The number of amides is 1. The van der Waals surface area contributed by atoms with Crippen LogP contribution in [0.4, 0.5) is 5.69 Å². The summed E-state index contributed by atoms with van der Waals surface area (Å²) in [5.41, 5.74) is 3.68. The summed E-state index contributed by atoms with van der Waals surface area (Å²) in [4.78, 5) is 15.2. The van der Waals surface area contributed by atoms with Crippen LogP contribution < -0.4 is 14.8 Å². The van der Waals surface area contributed by atoms with Crippen LogP contribution >= 0.6 is 12.4 Å². The minimum absolute atomic E-state index is 0. The van der Waals surface area contributed by atoms with Crippen molar-refractivity contribution in [1.29, 1.82) is 5.26 Å². The molecular formula is C28H35ClN4O6S2. The lowest BCUT2D eigenvalue weighted by Crippen LogP contribution is -2.55. The highest BCUT2D eigenvalue weighted by molar-refractivity contribution is 7.92. The van der Waals surface area contributed by atoms with Gasteiger partial charge in [-0.2, -0.15) is 5.26 Å². The Hall–Kier alpha value is -2.85. The summed E-state index contributed by atoms with van der Waals surface area (Å²) in [6.45, 7) is 1.65. The van der Waals surface area contributed by atoms with E-state index in [9.17, 15) is 26.9 Å². The number of aryl methyl sites for hydroxylation is 1. The van der Waals surface area contributed by atoms with Crippen LogP contribution in [0.1, 0.15) is 54.0 Å². The maximum Gasteiger partial charge on any atom is 0.235 e. The first kappa shape index (κ1) is 31.1. The molecule has 0 unspecified atom stereocenters. The number of carbonyl (C=O) groups is 1. The van der Waals surface area contributed by atoms with Gasteiger partial charge in [0.25, 0.3) is 0 Å². The quantitative estimate of drug-likeness (QED) is 0.500. The molecule has 1 fully saturated rings. The topological polar surface area (TPSA) is 146 Å². The van der Waals surface area contributed by atoms with E-state index in [1.165, 1.54) is 11.1 Å². The van der Waals surface area contributed by atoms with Gasteiger partial charge in [-0.05, 0) is 73.6 Å². The summed E-state index contributed by atoms with van der Waals surface area (Å²) >= 11 is 0. The number of nitrogens with one attached hydrogen (secondary N) is 2. The molecule has 0 radical (unpaired) electrons. The fourth-order valence-corrected chi connectivity index (χ4v) is 7.39. The summed E-state index contributed by atoms with van der Waals surface area (Å²) in [5, 5.41) is 12.1. The van der Waals surface area contributed by atoms with E-state index in [0.29, 0.717) is 35.0 Å². The first-order valence-corrected chi connectivity index (χ1v) is 17.3. The highest BCUT2D eigenvalue weighted by Crippen LogP contribution is 2.46. The lowest BCUT2D eigenvalue weighted by atomic mass is 9.79. The molecule has 2 heterocycles. The summed E-state index contributed by atoms with van der Waals surface area (Å²) in [5.74, 6) is -0.668. The SMILES string of the molecule is CS(=O)(=O)CC(=O)N[C@H]1CC2(CCN([C@@H]3CCc4cc(C#N)ccc4C3)CC2)Oc2ccc(NS(C)(=O)=O)cc21.Cl. The average molecular weight is 623 g/mol. The first-order valence-electron chi connectivity index (χ1n) is 13.4. The monoisotopic (exact) mass is 622 g/mol. The van der Waals surface area contributed by atoms with Crippen LogP contribution in [-0.4, -0.2) is 70.6 Å². The maximum absolute atomic E-state index is 12.7. The number of fused-ring (bicyclic) bond motifs is 2. The molecule has 1 saturated heterocycles. The van der Waals surface area contributed by atoms with Crippen molar-refractivity contribution in [3.63, 3.8) is 0 Å². The number of carbonyl (C=O) groups excluding carboxylic acids is 1. The molecule has 0 aromatic heterocycles. The van der Waals surface area contributed by atoms with Crippen molar-refractivity contribution >= 4 is 43.9 Å². The van der Waals surface area contributed by atoms with Crippen molar-refractivity contribution in [3.8, 4) is 11.8 Å². The predicted octanol–water partition coefficient (Wildman–Crippen LogP) is 2.73. The van der Waals surface area contributed by atoms with Crippen molar-refractivity contribution in [2.75, 3.05) is 36.1 Å². The average Bonchev–Trinajstić information content (AvgIpc) is 2.87. The van der Waals surface area contributed by atoms with Crippen LogP contribution in [-0.2, 0) is 37.5 Å². The lowest BCUT2D eigenvalue weighted by Gasteiger charge is -2.49. The Bertz CT molecular complexity index is 1580.